The summed E-state index contributed by atoms with van der Waals surface area (Å²) in [6.45, 7) is 2.09. The molecule has 1 N–H and O–H groups in total. The number of hydrogen-bond donors (Lipinski definition) is 1. The molecule has 1 fully saturated rings. The normalized spacial score (nSPS) is 21.3. The number of thioether (sulfide) groups is 1. The van der Waals surface area contributed by atoms with Crippen molar-refractivity contribution >= 4 is 39.6 Å². The molecule has 0 bridgehead atoms. The Labute approximate surface area is 135 Å². The van der Waals surface area contributed by atoms with E-state index in [9.17, 15) is 9.59 Å². The van der Waals surface area contributed by atoms with Crippen LogP contribution in [0.4, 0.5) is 0 Å². The molecule has 1 heterocycles. The highest BCUT2D eigenvalue weighted by molar-refractivity contribution is 9.10. The lowest BCUT2D eigenvalue weighted by molar-refractivity contribution is -0.149. The Morgan fingerprint density at radius 2 is 2.10 bits per heavy atom. The predicted molar refractivity (Wildman–Crippen MR) is 84.4 cm³/mol. The molecule has 5 nitrogen and oxygen atoms in total. The maximum Gasteiger partial charge on any atom is 0.327 e. The average Bonchev–Trinajstić information content (AvgIpc) is 2.83. The Morgan fingerprint density at radius 1 is 1.43 bits per heavy atom. The zero-order chi connectivity index (χ0) is 15.4. The molecule has 1 amide bonds. The van der Waals surface area contributed by atoms with Crippen LogP contribution < -0.4 is 4.74 Å². The first-order valence-corrected chi connectivity index (χ1v) is 8.37. The molecule has 1 aromatic rings. The van der Waals surface area contributed by atoms with E-state index in [1.807, 2.05) is 31.2 Å². The smallest absolute Gasteiger partial charge is 0.327 e. The fraction of sp³-hybridized carbons (Fsp3) is 0.429. The molecular weight excluding hydrogens is 358 g/mol. The zero-order valence-electron chi connectivity index (χ0n) is 11.5. The van der Waals surface area contributed by atoms with E-state index in [1.54, 1.807) is 0 Å². The highest BCUT2D eigenvalue weighted by Gasteiger charge is 2.38. The van der Waals surface area contributed by atoms with Gasteiger partial charge in [-0.3, -0.25) is 4.79 Å². The van der Waals surface area contributed by atoms with Crippen LogP contribution in [0, 0.1) is 0 Å². The quantitative estimate of drug-likeness (QED) is 0.858. The van der Waals surface area contributed by atoms with E-state index < -0.39 is 12.0 Å². The minimum atomic E-state index is -0.950. The van der Waals surface area contributed by atoms with E-state index in [4.69, 9.17) is 9.84 Å². The van der Waals surface area contributed by atoms with Crippen LogP contribution in [0.1, 0.15) is 13.3 Å². The van der Waals surface area contributed by atoms with E-state index in [1.165, 1.54) is 16.7 Å². The van der Waals surface area contributed by atoms with Crippen molar-refractivity contribution in [2.75, 3.05) is 12.4 Å². The van der Waals surface area contributed by atoms with Gasteiger partial charge in [0, 0.05) is 10.2 Å². The number of ether oxygens (including phenoxy) is 1. The number of nitrogens with zero attached hydrogens (tertiary/aromatic N) is 1. The Morgan fingerprint density at radius 3 is 2.71 bits per heavy atom. The number of rotatable bonds is 5. The first-order chi connectivity index (χ1) is 9.99. The van der Waals surface area contributed by atoms with Crippen molar-refractivity contribution in [3.05, 3.63) is 28.7 Å². The highest BCUT2D eigenvalue weighted by atomic mass is 79.9. The number of carbonyl (C=O) groups excluding carboxylic acids is 1. The lowest BCUT2D eigenvalue weighted by Crippen LogP contribution is -2.45. The number of aliphatic carboxylic acids is 1. The summed E-state index contributed by atoms with van der Waals surface area (Å²) >= 11 is 4.81. The van der Waals surface area contributed by atoms with Crippen LogP contribution in [0.2, 0.25) is 0 Å². The average molecular weight is 374 g/mol. The fourth-order valence-corrected chi connectivity index (χ4v) is 3.58. The molecule has 2 unspecified atom stereocenters. The number of carboxylic acid groups (broad SMARTS) is 1. The summed E-state index contributed by atoms with van der Waals surface area (Å²) in [6, 6.07) is 6.60. The van der Waals surface area contributed by atoms with Gasteiger partial charge in [0.15, 0.2) is 0 Å². The van der Waals surface area contributed by atoms with E-state index in [0.717, 1.165) is 4.47 Å². The van der Waals surface area contributed by atoms with Crippen LogP contribution in [0.5, 0.6) is 5.75 Å². The van der Waals surface area contributed by atoms with Gasteiger partial charge < -0.3 is 14.7 Å². The third-order valence-corrected chi connectivity index (χ3v) is 4.94. The van der Waals surface area contributed by atoms with Crippen molar-refractivity contribution in [2.24, 2.45) is 0 Å². The third-order valence-electron chi connectivity index (χ3n) is 3.19. The maximum atomic E-state index is 12.2. The second-order valence-corrected chi connectivity index (χ2v) is 6.90. The second kappa shape index (κ2) is 7.17. The van der Waals surface area contributed by atoms with Gasteiger partial charge in [0.1, 0.15) is 11.8 Å². The van der Waals surface area contributed by atoms with Crippen LogP contribution >= 0.6 is 27.7 Å². The zero-order valence-corrected chi connectivity index (χ0v) is 13.9. The van der Waals surface area contributed by atoms with Gasteiger partial charge in [0.25, 0.3) is 0 Å². The summed E-state index contributed by atoms with van der Waals surface area (Å²) in [5.74, 6) is -0.00817. The molecule has 1 aromatic carbocycles. The molecular formula is C14H16BrNO4S. The second-order valence-electron chi connectivity index (χ2n) is 4.64. The summed E-state index contributed by atoms with van der Waals surface area (Å²) in [5.41, 5.74) is 0. The predicted octanol–water partition coefficient (Wildman–Crippen LogP) is 2.59. The summed E-state index contributed by atoms with van der Waals surface area (Å²) in [7, 11) is 0. The molecule has 114 valence electrons. The van der Waals surface area contributed by atoms with E-state index in [2.05, 4.69) is 15.9 Å². The van der Waals surface area contributed by atoms with E-state index in [-0.39, 0.29) is 24.3 Å². The van der Waals surface area contributed by atoms with E-state index in [0.29, 0.717) is 11.5 Å². The molecule has 1 aliphatic rings. The number of hydrogen-bond acceptors (Lipinski definition) is 4. The number of amides is 1. The Bertz CT molecular complexity index is 522. The van der Waals surface area contributed by atoms with Gasteiger partial charge >= 0.3 is 5.97 Å². The standard InChI is InChI=1S/C14H16BrNO4S/c1-9-16(12(8-21-9)14(18)19)13(17)6-7-20-11-4-2-10(15)3-5-11/h2-5,9,12H,6-8H2,1H3,(H,18,19). The number of halogens is 1. The van der Waals surface area contributed by atoms with Crippen LogP contribution in [0.25, 0.3) is 0 Å². The number of carboxylic acids is 1. The summed E-state index contributed by atoms with van der Waals surface area (Å²) in [5, 5.41) is 9.03. The van der Waals surface area contributed by atoms with Crippen molar-refractivity contribution in [3.8, 4) is 5.75 Å². The minimum Gasteiger partial charge on any atom is -0.493 e. The molecule has 0 spiro atoms. The minimum absolute atomic E-state index is 0.105. The largest absolute Gasteiger partial charge is 0.493 e. The molecule has 0 radical (unpaired) electrons. The third kappa shape index (κ3) is 4.14. The molecule has 2 atom stereocenters. The number of carbonyl (C=O) groups is 2. The molecule has 1 aliphatic heterocycles. The Balaban J connectivity index is 1.86. The topological polar surface area (TPSA) is 66.8 Å². The Kier molecular flexibility index (Phi) is 5.52. The highest BCUT2D eigenvalue weighted by Crippen LogP contribution is 2.29. The van der Waals surface area contributed by atoms with Gasteiger partial charge in [-0.25, -0.2) is 4.79 Å². The molecule has 0 aliphatic carbocycles. The van der Waals surface area contributed by atoms with Crippen LogP contribution in [-0.4, -0.2) is 45.7 Å². The van der Waals surface area contributed by atoms with E-state index >= 15 is 0 Å². The molecule has 0 aromatic heterocycles. The lowest BCUT2D eigenvalue weighted by atomic mass is 10.2. The summed E-state index contributed by atoms with van der Waals surface area (Å²) in [4.78, 5) is 24.8. The van der Waals surface area contributed by atoms with Crippen molar-refractivity contribution in [1.82, 2.24) is 4.90 Å². The van der Waals surface area contributed by atoms with Gasteiger partial charge in [-0.1, -0.05) is 15.9 Å². The van der Waals surface area contributed by atoms with Gasteiger partial charge in [-0.05, 0) is 31.2 Å². The van der Waals surface area contributed by atoms with Crippen molar-refractivity contribution in [2.45, 2.75) is 24.8 Å². The van der Waals surface area contributed by atoms with Crippen LogP contribution in [0.15, 0.2) is 28.7 Å². The lowest BCUT2D eigenvalue weighted by Gasteiger charge is -2.25. The van der Waals surface area contributed by atoms with Gasteiger partial charge in [-0.2, -0.15) is 0 Å². The summed E-state index contributed by atoms with van der Waals surface area (Å²) in [6.07, 6.45) is 0.171. The van der Waals surface area contributed by atoms with Gasteiger partial charge in [0.2, 0.25) is 5.91 Å². The molecule has 1 saturated heterocycles. The van der Waals surface area contributed by atoms with Gasteiger partial charge in [0.05, 0.1) is 18.4 Å². The molecule has 0 saturated carbocycles. The van der Waals surface area contributed by atoms with Crippen LogP contribution in [-0.2, 0) is 9.59 Å². The number of benzene rings is 1. The van der Waals surface area contributed by atoms with Gasteiger partial charge in [-0.15, -0.1) is 11.8 Å². The van der Waals surface area contributed by atoms with Crippen molar-refractivity contribution in [3.63, 3.8) is 0 Å². The first-order valence-electron chi connectivity index (χ1n) is 6.53. The monoisotopic (exact) mass is 373 g/mol. The fourth-order valence-electron chi connectivity index (χ4n) is 2.13. The first kappa shape index (κ1) is 16.2. The molecule has 21 heavy (non-hydrogen) atoms. The summed E-state index contributed by atoms with van der Waals surface area (Å²) < 4.78 is 6.46. The Hall–Kier alpha value is -1.21. The van der Waals surface area contributed by atoms with Crippen molar-refractivity contribution in [1.29, 1.82) is 0 Å². The SMILES string of the molecule is CC1SCC(C(=O)O)N1C(=O)CCOc1ccc(Br)cc1. The molecule has 2 rings (SSSR count). The maximum absolute atomic E-state index is 12.2. The van der Waals surface area contributed by atoms with Crippen LogP contribution in [0.3, 0.4) is 0 Å². The van der Waals surface area contributed by atoms with Crippen molar-refractivity contribution < 1.29 is 19.4 Å². The molecule has 7 heteroatoms.